The van der Waals surface area contributed by atoms with Crippen molar-refractivity contribution < 1.29 is 27.5 Å². The molecule has 0 aliphatic carbocycles. The van der Waals surface area contributed by atoms with Crippen LogP contribution in [0.1, 0.15) is 11.1 Å². The number of piperazine rings is 1. The molecule has 0 spiro atoms. The third kappa shape index (κ3) is 5.03. The molecule has 1 saturated heterocycles. The molecule has 1 atom stereocenters. The molecule has 1 aliphatic rings. The predicted octanol–water partition coefficient (Wildman–Crippen LogP) is 2.64. The molecular weight excluding hydrogens is 399 g/mol. The van der Waals surface area contributed by atoms with E-state index in [4.69, 9.17) is 5.73 Å². The molecule has 0 radical (unpaired) electrons. The third-order valence-electron chi connectivity index (χ3n) is 5.03. The Morgan fingerprint density at radius 3 is 2.43 bits per heavy atom. The van der Waals surface area contributed by atoms with E-state index in [2.05, 4.69) is 4.74 Å². The van der Waals surface area contributed by atoms with E-state index in [1.54, 1.807) is 0 Å². The molecule has 160 valence electrons. The maximum Gasteiger partial charge on any atom is 0.573 e. The number of anilines is 1. The number of para-hydroxylation sites is 2. The number of primary amides is 1. The minimum atomic E-state index is -4.87. The second-order valence-corrected chi connectivity index (χ2v) is 7.07. The van der Waals surface area contributed by atoms with Crippen molar-refractivity contribution in [2.75, 3.05) is 24.5 Å². The van der Waals surface area contributed by atoms with Crippen molar-refractivity contribution >= 4 is 17.5 Å². The van der Waals surface area contributed by atoms with Crippen molar-refractivity contribution in [3.8, 4) is 5.75 Å². The van der Waals surface area contributed by atoms with Gasteiger partial charge in [0.15, 0.2) is 0 Å². The van der Waals surface area contributed by atoms with Gasteiger partial charge in [0.2, 0.25) is 11.8 Å². The molecule has 30 heavy (non-hydrogen) atoms. The molecule has 1 fully saturated rings. The number of rotatable bonds is 5. The summed E-state index contributed by atoms with van der Waals surface area (Å²) in [6.45, 7) is 2.86. The van der Waals surface area contributed by atoms with Crippen LogP contribution in [0.3, 0.4) is 0 Å². The fourth-order valence-electron chi connectivity index (χ4n) is 3.60. The average Bonchev–Trinajstić information content (AvgIpc) is 2.68. The Hall–Kier alpha value is -3.23. The van der Waals surface area contributed by atoms with Crippen molar-refractivity contribution in [3.63, 3.8) is 0 Å². The van der Waals surface area contributed by atoms with Gasteiger partial charge in [0.1, 0.15) is 11.8 Å². The molecule has 0 aromatic heterocycles. The van der Waals surface area contributed by atoms with Crippen LogP contribution in [0.15, 0.2) is 48.5 Å². The summed E-state index contributed by atoms with van der Waals surface area (Å²) in [5.41, 5.74) is 7.61. The molecular formula is C21H22F3N3O3. The molecule has 2 amide bonds. The highest BCUT2D eigenvalue weighted by Crippen LogP contribution is 2.28. The third-order valence-corrected chi connectivity index (χ3v) is 5.03. The van der Waals surface area contributed by atoms with Crippen LogP contribution in [0.25, 0.3) is 0 Å². The summed E-state index contributed by atoms with van der Waals surface area (Å²) in [6.07, 6.45) is -5.20. The monoisotopic (exact) mass is 421 g/mol. The van der Waals surface area contributed by atoms with E-state index in [-0.39, 0.29) is 25.1 Å². The fraction of sp³-hybridized carbons (Fsp3) is 0.333. The summed E-state index contributed by atoms with van der Waals surface area (Å²) < 4.78 is 41.9. The van der Waals surface area contributed by atoms with Gasteiger partial charge in [0.25, 0.3) is 0 Å². The number of hydrogen-bond donors (Lipinski definition) is 1. The zero-order valence-electron chi connectivity index (χ0n) is 16.4. The number of nitrogens with two attached hydrogens (primary N) is 1. The van der Waals surface area contributed by atoms with Crippen LogP contribution in [0.5, 0.6) is 5.75 Å². The van der Waals surface area contributed by atoms with E-state index in [1.807, 2.05) is 36.1 Å². The standard InChI is InChI=1S/C21H22F3N3O3/c1-14-6-2-4-8-16(14)26-10-11-27(17(13-26)20(25)29)19(28)12-15-7-3-5-9-18(15)30-21(22,23)24/h2-9,17H,10-13H2,1H3,(H2,25,29). The maximum absolute atomic E-state index is 12.9. The Balaban J connectivity index is 1.77. The highest BCUT2D eigenvalue weighted by Gasteiger charge is 2.36. The number of carbonyl (C=O) groups excluding carboxylic acids is 2. The van der Waals surface area contributed by atoms with Gasteiger partial charge in [-0.15, -0.1) is 13.2 Å². The normalized spacial score (nSPS) is 17.0. The van der Waals surface area contributed by atoms with E-state index in [9.17, 15) is 22.8 Å². The first-order valence-corrected chi connectivity index (χ1v) is 9.38. The van der Waals surface area contributed by atoms with Crippen molar-refractivity contribution in [3.05, 3.63) is 59.7 Å². The van der Waals surface area contributed by atoms with Gasteiger partial charge >= 0.3 is 6.36 Å². The SMILES string of the molecule is Cc1ccccc1N1CCN(C(=O)Cc2ccccc2OC(F)(F)F)C(C(N)=O)C1. The number of halogens is 3. The van der Waals surface area contributed by atoms with E-state index >= 15 is 0 Å². The number of alkyl halides is 3. The Labute approximate surface area is 172 Å². The number of nitrogens with zero attached hydrogens (tertiary/aromatic N) is 2. The van der Waals surface area contributed by atoms with E-state index in [0.717, 1.165) is 17.3 Å². The van der Waals surface area contributed by atoms with Crippen LogP contribution in [0.4, 0.5) is 18.9 Å². The molecule has 1 aliphatic heterocycles. The highest BCUT2D eigenvalue weighted by molar-refractivity contribution is 5.89. The van der Waals surface area contributed by atoms with Gasteiger partial charge in [-0.2, -0.15) is 0 Å². The van der Waals surface area contributed by atoms with Crippen molar-refractivity contribution in [2.45, 2.75) is 25.7 Å². The molecule has 3 rings (SSSR count). The second-order valence-electron chi connectivity index (χ2n) is 7.07. The number of aryl methyl sites for hydroxylation is 1. The Morgan fingerprint density at radius 1 is 1.10 bits per heavy atom. The van der Waals surface area contributed by atoms with Gasteiger partial charge in [-0.3, -0.25) is 9.59 Å². The van der Waals surface area contributed by atoms with Gasteiger partial charge in [-0.05, 0) is 24.6 Å². The zero-order chi connectivity index (χ0) is 21.9. The lowest BCUT2D eigenvalue weighted by Gasteiger charge is -2.41. The summed E-state index contributed by atoms with van der Waals surface area (Å²) in [6, 6.07) is 12.2. The second kappa shape index (κ2) is 8.64. The van der Waals surface area contributed by atoms with Crippen LogP contribution < -0.4 is 15.4 Å². The van der Waals surface area contributed by atoms with Gasteiger partial charge < -0.3 is 20.3 Å². The van der Waals surface area contributed by atoms with Crippen LogP contribution in [0, 0.1) is 6.92 Å². The van der Waals surface area contributed by atoms with E-state index < -0.39 is 30.0 Å². The summed E-state index contributed by atoms with van der Waals surface area (Å²) in [4.78, 5) is 28.3. The first-order chi connectivity index (χ1) is 14.2. The van der Waals surface area contributed by atoms with E-state index in [1.165, 1.54) is 23.1 Å². The van der Waals surface area contributed by atoms with Crippen LogP contribution in [0.2, 0.25) is 0 Å². The Bertz CT molecular complexity index is 933. The number of amides is 2. The Kier molecular flexibility index (Phi) is 6.19. The summed E-state index contributed by atoms with van der Waals surface area (Å²) in [5.74, 6) is -1.59. The molecule has 9 heteroatoms. The highest BCUT2D eigenvalue weighted by atomic mass is 19.4. The Morgan fingerprint density at radius 2 is 1.77 bits per heavy atom. The predicted molar refractivity (Wildman–Crippen MR) is 105 cm³/mol. The van der Waals surface area contributed by atoms with Crippen molar-refractivity contribution in [2.24, 2.45) is 5.73 Å². The minimum Gasteiger partial charge on any atom is -0.405 e. The lowest BCUT2D eigenvalue weighted by Crippen LogP contribution is -2.60. The van der Waals surface area contributed by atoms with Crippen LogP contribution >= 0.6 is 0 Å². The number of ether oxygens (including phenoxy) is 1. The molecule has 0 saturated carbocycles. The topological polar surface area (TPSA) is 75.9 Å². The fourth-order valence-corrected chi connectivity index (χ4v) is 3.60. The van der Waals surface area contributed by atoms with Gasteiger partial charge in [0, 0.05) is 30.9 Å². The number of hydrogen-bond acceptors (Lipinski definition) is 4. The summed E-state index contributed by atoms with van der Waals surface area (Å²) in [5, 5.41) is 0. The zero-order valence-corrected chi connectivity index (χ0v) is 16.4. The number of benzene rings is 2. The molecule has 1 unspecified atom stereocenters. The first kappa shape index (κ1) is 21.5. The first-order valence-electron chi connectivity index (χ1n) is 9.38. The average molecular weight is 421 g/mol. The van der Waals surface area contributed by atoms with Gasteiger partial charge in [-0.1, -0.05) is 36.4 Å². The molecule has 2 aromatic carbocycles. The van der Waals surface area contributed by atoms with E-state index in [0.29, 0.717) is 6.54 Å². The quantitative estimate of drug-likeness (QED) is 0.806. The molecule has 2 N–H and O–H groups in total. The van der Waals surface area contributed by atoms with Gasteiger partial charge in [0.05, 0.1) is 6.42 Å². The van der Waals surface area contributed by atoms with Crippen molar-refractivity contribution in [1.82, 2.24) is 4.90 Å². The molecule has 0 bridgehead atoms. The molecule has 6 nitrogen and oxygen atoms in total. The minimum absolute atomic E-state index is 0.0874. The summed E-state index contributed by atoms with van der Waals surface area (Å²) in [7, 11) is 0. The summed E-state index contributed by atoms with van der Waals surface area (Å²) >= 11 is 0. The lowest BCUT2D eigenvalue weighted by atomic mass is 10.1. The van der Waals surface area contributed by atoms with Crippen LogP contribution in [-0.4, -0.2) is 48.8 Å². The smallest absolute Gasteiger partial charge is 0.405 e. The van der Waals surface area contributed by atoms with Gasteiger partial charge in [-0.25, -0.2) is 0 Å². The largest absolute Gasteiger partial charge is 0.573 e. The van der Waals surface area contributed by atoms with Crippen molar-refractivity contribution in [1.29, 1.82) is 0 Å². The maximum atomic E-state index is 12.9. The number of carbonyl (C=O) groups is 2. The lowest BCUT2D eigenvalue weighted by molar-refractivity contribution is -0.274. The van der Waals surface area contributed by atoms with Crippen LogP contribution in [-0.2, 0) is 16.0 Å². The molecule has 1 heterocycles. The molecule has 2 aromatic rings.